The summed E-state index contributed by atoms with van der Waals surface area (Å²) in [5, 5.41) is 6.41. The van der Waals surface area contributed by atoms with Crippen LogP contribution in [-0.2, 0) is 16.1 Å². The maximum atomic E-state index is 12.5. The van der Waals surface area contributed by atoms with Gasteiger partial charge in [0.25, 0.3) is 0 Å². The van der Waals surface area contributed by atoms with Gasteiger partial charge in [0, 0.05) is 51.7 Å². The molecule has 3 rings (SSSR count). The SMILES string of the molecule is COCCOc1cccc(CNC(=O)CN2CCNCC2c2cccnc2)c1. The van der Waals surface area contributed by atoms with Crippen molar-refractivity contribution in [3.05, 3.63) is 59.9 Å². The lowest BCUT2D eigenvalue weighted by atomic mass is 10.1. The summed E-state index contributed by atoms with van der Waals surface area (Å²) in [5.74, 6) is 0.795. The molecule has 1 amide bonds. The molecule has 1 aliphatic heterocycles. The topological polar surface area (TPSA) is 75.7 Å². The predicted octanol–water partition coefficient (Wildman–Crippen LogP) is 1.37. The molecule has 2 aromatic rings. The van der Waals surface area contributed by atoms with Crippen LogP contribution in [0.2, 0.25) is 0 Å². The Hall–Kier alpha value is -2.48. The highest BCUT2D eigenvalue weighted by atomic mass is 16.5. The lowest BCUT2D eigenvalue weighted by Gasteiger charge is -2.35. The van der Waals surface area contributed by atoms with Gasteiger partial charge in [-0.25, -0.2) is 0 Å². The van der Waals surface area contributed by atoms with Gasteiger partial charge in [0.2, 0.25) is 5.91 Å². The van der Waals surface area contributed by atoms with Crippen LogP contribution in [-0.4, -0.2) is 62.3 Å². The van der Waals surface area contributed by atoms with Gasteiger partial charge in [0.05, 0.1) is 13.2 Å². The van der Waals surface area contributed by atoms with Crippen molar-refractivity contribution in [1.29, 1.82) is 0 Å². The Kier molecular flexibility index (Phi) is 7.78. The van der Waals surface area contributed by atoms with E-state index in [1.165, 1.54) is 0 Å². The van der Waals surface area contributed by atoms with Crippen molar-refractivity contribution in [3.63, 3.8) is 0 Å². The summed E-state index contributed by atoms with van der Waals surface area (Å²) < 4.78 is 10.6. The third-order valence-electron chi connectivity index (χ3n) is 4.71. The third kappa shape index (κ3) is 6.02. The molecule has 28 heavy (non-hydrogen) atoms. The molecule has 1 aromatic carbocycles. The van der Waals surface area contributed by atoms with E-state index in [9.17, 15) is 4.79 Å². The summed E-state index contributed by atoms with van der Waals surface area (Å²) in [6.45, 7) is 4.42. The van der Waals surface area contributed by atoms with E-state index in [2.05, 4.69) is 26.6 Å². The number of aromatic nitrogens is 1. The van der Waals surface area contributed by atoms with E-state index in [4.69, 9.17) is 9.47 Å². The Bertz CT molecular complexity index is 741. The number of amides is 1. The Labute approximate surface area is 166 Å². The number of carbonyl (C=O) groups is 1. The number of ether oxygens (including phenoxy) is 2. The van der Waals surface area contributed by atoms with E-state index in [0.717, 1.165) is 36.5 Å². The highest BCUT2D eigenvalue weighted by Gasteiger charge is 2.25. The fourth-order valence-electron chi connectivity index (χ4n) is 3.27. The summed E-state index contributed by atoms with van der Waals surface area (Å²) in [5.41, 5.74) is 2.13. The number of hydrogen-bond donors (Lipinski definition) is 2. The maximum Gasteiger partial charge on any atom is 0.234 e. The Morgan fingerprint density at radius 1 is 1.32 bits per heavy atom. The molecule has 1 aliphatic rings. The number of carbonyl (C=O) groups excluding carboxylic acids is 1. The summed E-state index contributed by atoms with van der Waals surface area (Å²) in [4.78, 5) is 18.9. The van der Waals surface area contributed by atoms with Gasteiger partial charge in [0.1, 0.15) is 12.4 Å². The normalized spacial score (nSPS) is 17.2. The number of rotatable bonds is 9. The summed E-state index contributed by atoms with van der Waals surface area (Å²) in [6, 6.07) is 11.9. The molecule has 1 fully saturated rings. The number of piperazine rings is 1. The van der Waals surface area contributed by atoms with Crippen LogP contribution in [0, 0.1) is 0 Å². The molecule has 150 valence electrons. The summed E-state index contributed by atoms with van der Waals surface area (Å²) in [6.07, 6.45) is 3.64. The van der Waals surface area contributed by atoms with E-state index in [1.807, 2.05) is 36.5 Å². The van der Waals surface area contributed by atoms with Crippen LogP contribution in [0.1, 0.15) is 17.2 Å². The molecule has 1 unspecified atom stereocenters. The van der Waals surface area contributed by atoms with Crippen LogP contribution in [0.5, 0.6) is 5.75 Å². The Morgan fingerprint density at radius 3 is 3.07 bits per heavy atom. The van der Waals surface area contributed by atoms with Crippen LogP contribution in [0.15, 0.2) is 48.8 Å². The van der Waals surface area contributed by atoms with Gasteiger partial charge in [-0.15, -0.1) is 0 Å². The third-order valence-corrected chi connectivity index (χ3v) is 4.71. The summed E-state index contributed by atoms with van der Waals surface area (Å²) >= 11 is 0. The molecule has 0 radical (unpaired) electrons. The van der Waals surface area contributed by atoms with Crippen molar-refractivity contribution in [1.82, 2.24) is 20.5 Å². The fraction of sp³-hybridized carbons (Fsp3) is 0.429. The van der Waals surface area contributed by atoms with Gasteiger partial charge in [-0.3, -0.25) is 14.7 Å². The van der Waals surface area contributed by atoms with Crippen molar-refractivity contribution >= 4 is 5.91 Å². The minimum atomic E-state index is 0.0153. The van der Waals surface area contributed by atoms with Crippen molar-refractivity contribution < 1.29 is 14.3 Å². The zero-order valence-electron chi connectivity index (χ0n) is 16.3. The van der Waals surface area contributed by atoms with Gasteiger partial charge >= 0.3 is 0 Å². The molecular formula is C21H28N4O3. The molecule has 7 heteroatoms. The molecule has 0 bridgehead atoms. The van der Waals surface area contributed by atoms with Crippen LogP contribution < -0.4 is 15.4 Å². The molecule has 0 aliphatic carbocycles. The first-order valence-corrected chi connectivity index (χ1v) is 9.58. The molecule has 7 nitrogen and oxygen atoms in total. The van der Waals surface area contributed by atoms with Crippen molar-refractivity contribution in [2.75, 3.05) is 46.5 Å². The highest BCUT2D eigenvalue weighted by molar-refractivity contribution is 5.78. The number of nitrogens with one attached hydrogen (secondary N) is 2. The monoisotopic (exact) mass is 384 g/mol. The smallest absolute Gasteiger partial charge is 0.234 e. The van der Waals surface area contributed by atoms with Crippen LogP contribution >= 0.6 is 0 Å². The Balaban J connectivity index is 1.51. The number of benzene rings is 1. The lowest BCUT2D eigenvalue weighted by Crippen LogP contribution is -2.49. The molecule has 1 saturated heterocycles. The molecule has 1 aromatic heterocycles. The molecule has 1 atom stereocenters. The van der Waals surface area contributed by atoms with E-state index >= 15 is 0 Å². The van der Waals surface area contributed by atoms with Crippen LogP contribution in [0.3, 0.4) is 0 Å². The lowest BCUT2D eigenvalue weighted by molar-refractivity contribution is -0.123. The molecule has 2 heterocycles. The first-order chi connectivity index (χ1) is 13.8. The van der Waals surface area contributed by atoms with Crippen molar-refractivity contribution in [3.8, 4) is 5.75 Å². The number of methoxy groups -OCH3 is 1. The van der Waals surface area contributed by atoms with Crippen molar-refractivity contribution in [2.45, 2.75) is 12.6 Å². The minimum Gasteiger partial charge on any atom is -0.491 e. The summed E-state index contributed by atoms with van der Waals surface area (Å²) in [7, 11) is 1.65. The number of nitrogens with zero attached hydrogens (tertiary/aromatic N) is 2. The van der Waals surface area contributed by atoms with Gasteiger partial charge < -0.3 is 20.1 Å². The van der Waals surface area contributed by atoms with E-state index in [1.54, 1.807) is 13.3 Å². The first kappa shape index (κ1) is 20.3. The standard InChI is InChI=1S/C21H28N4O3/c1-27-10-11-28-19-6-2-4-17(12-19)13-24-21(26)16-25-9-8-23-15-20(25)18-5-3-7-22-14-18/h2-7,12,14,20,23H,8-11,13,15-16H2,1H3,(H,24,26). The minimum absolute atomic E-state index is 0.0153. The number of hydrogen-bond acceptors (Lipinski definition) is 6. The van der Waals surface area contributed by atoms with Gasteiger partial charge in [-0.1, -0.05) is 18.2 Å². The van der Waals surface area contributed by atoms with Crippen LogP contribution in [0.4, 0.5) is 0 Å². The average Bonchev–Trinajstić information content (AvgIpc) is 2.74. The van der Waals surface area contributed by atoms with Crippen LogP contribution in [0.25, 0.3) is 0 Å². The van der Waals surface area contributed by atoms with E-state index in [0.29, 0.717) is 26.3 Å². The number of pyridine rings is 1. The second-order valence-corrected chi connectivity index (χ2v) is 6.74. The largest absolute Gasteiger partial charge is 0.491 e. The quantitative estimate of drug-likeness (QED) is 0.636. The van der Waals surface area contributed by atoms with Gasteiger partial charge in [0.15, 0.2) is 0 Å². The highest BCUT2D eigenvalue weighted by Crippen LogP contribution is 2.20. The molecular weight excluding hydrogens is 356 g/mol. The first-order valence-electron chi connectivity index (χ1n) is 9.58. The maximum absolute atomic E-state index is 12.5. The zero-order valence-corrected chi connectivity index (χ0v) is 16.3. The second-order valence-electron chi connectivity index (χ2n) is 6.74. The molecule has 0 spiro atoms. The second kappa shape index (κ2) is 10.8. The molecule has 2 N–H and O–H groups in total. The van der Waals surface area contributed by atoms with Gasteiger partial charge in [-0.05, 0) is 29.3 Å². The zero-order chi connectivity index (χ0) is 19.6. The van der Waals surface area contributed by atoms with E-state index in [-0.39, 0.29) is 11.9 Å². The van der Waals surface area contributed by atoms with Gasteiger partial charge in [-0.2, -0.15) is 0 Å². The van der Waals surface area contributed by atoms with E-state index < -0.39 is 0 Å². The average molecular weight is 384 g/mol. The molecule has 0 saturated carbocycles. The fourth-order valence-corrected chi connectivity index (χ4v) is 3.27. The Morgan fingerprint density at radius 2 is 2.25 bits per heavy atom. The predicted molar refractivity (Wildman–Crippen MR) is 107 cm³/mol. The van der Waals surface area contributed by atoms with Crippen molar-refractivity contribution in [2.24, 2.45) is 0 Å².